The van der Waals surface area contributed by atoms with Gasteiger partial charge in [-0.3, -0.25) is 0 Å². The zero-order valence-corrected chi connectivity index (χ0v) is 4.74. The molecule has 0 saturated carbocycles. The summed E-state index contributed by atoms with van der Waals surface area (Å²) in [5.74, 6) is 0. The first-order valence-electron chi connectivity index (χ1n) is 2.02. The van der Waals surface area contributed by atoms with E-state index in [9.17, 15) is 0 Å². The molecule has 1 aliphatic heterocycles. The number of hydrazine groups is 1. The first-order chi connectivity index (χ1) is 3.30. The molecule has 3 heteroatoms. The second-order valence-electron chi connectivity index (χ2n) is 1.41. The molecule has 39 valence electrons. The van der Waals surface area contributed by atoms with E-state index in [-0.39, 0.29) is 5.50 Å². The number of nitrogens with zero attached hydrogens (tertiary/aromatic N) is 1. The van der Waals surface area contributed by atoms with Crippen LogP contribution in [0.5, 0.6) is 0 Å². The van der Waals surface area contributed by atoms with Crippen molar-refractivity contribution in [3.05, 3.63) is 12.3 Å². The van der Waals surface area contributed by atoms with Gasteiger partial charge in [0.1, 0.15) is 5.50 Å². The normalized spacial score (nSPS) is 30.9. The zero-order valence-electron chi connectivity index (χ0n) is 3.98. The molecule has 1 rings (SSSR count). The third kappa shape index (κ3) is 0.868. The Morgan fingerprint density at radius 2 is 2.71 bits per heavy atom. The van der Waals surface area contributed by atoms with Crippen LogP contribution in [0.3, 0.4) is 0 Å². The van der Waals surface area contributed by atoms with Crippen molar-refractivity contribution in [1.29, 1.82) is 0 Å². The molecule has 0 aliphatic carbocycles. The van der Waals surface area contributed by atoms with Crippen LogP contribution < -0.4 is 5.43 Å². The van der Waals surface area contributed by atoms with Gasteiger partial charge in [0, 0.05) is 7.05 Å². The summed E-state index contributed by atoms with van der Waals surface area (Å²) in [6, 6.07) is 0. The van der Waals surface area contributed by atoms with Crippen LogP contribution in [0.2, 0.25) is 0 Å². The van der Waals surface area contributed by atoms with E-state index in [1.807, 2.05) is 7.05 Å². The summed E-state index contributed by atoms with van der Waals surface area (Å²) in [6.45, 7) is 0. The van der Waals surface area contributed by atoms with Gasteiger partial charge in [-0.2, -0.15) is 0 Å². The van der Waals surface area contributed by atoms with Gasteiger partial charge in [-0.05, 0) is 6.08 Å². The van der Waals surface area contributed by atoms with E-state index in [0.29, 0.717) is 0 Å². The van der Waals surface area contributed by atoms with Gasteiger partial charge < -0.3 is 5.43 Å². The summed E-state index contributed by atoms with van der Waals surface area (Å²) in [5.41, 5.74) is 2.74. The van der Waals surface area contributed by atoms with Crippen molar-refractivity contribution in [2.24, 2.45) is 0 Å². The topological polar surface area (TPSA) is 15.3 Å². The molecule has 0 bridgehead atoms. The van der Waals surface area contributed by atoms with E-state index in [0.717, 1.165) is 0 Å². The molecule has 7 heavy (non-hydrogen) atoms. The van der Waals surface area contributed by atoms with Crippen LogP contribution in [0.25, 0.3) is 0 Å². The third-order valence-electron chi connectivity index (χ3n) is 0.832. The molecule has 0 aromatic heterocycles. The molecule has 0 aromatic rings. The van der Waals surface area contributed by atoms with Crippen LogP contribution in [0.15, 0.2) is 6.08 Å². The minimum absolute atomic E-state index is 0.0278. The van der Waals surface area contributed by atoms with Gasteiger partial charge in [-0.25, -0.2) is 5.01 Å². The number of halogens is 1. The van der Waals surface area contributed by atoms with Crippen molar-refractivity contribution in [2.75, 3.05) is 7.05 Å². The molecule has 1 aliphatic rings. The number of rotatable bonds is 0. The van der Waals surface area contributed by atoms with E-state index in [2.05, 4.69) is 11.6 Å². The molecular weight excluding hydrogens is 112 g/mol. The van der Waals surface area contributed by atoms with Crippen LogP contribution in [0.4, 0.5) is 0 Å². The van der Waals surface area contributed by atoms with Crippen molar-refractivity contribution in [3.63, 3.8) is 0 Å². The summed E-state index contributed by atoms with van der Waals surface area (Å²) in [4.78, 5) is 0. The smallest absolute Gasteiger partial charge is 0.123 e. The average molecular weight is 118 g/mol. The molecule has 1 radical (unpaired) electrons. The van der Waals surface area contributed by atoms with Crippen molar-refractivity contribution >= 4 is 11.6 Å². The molecule has 0 amide bonds. The van der Waals surface area contributed by atoms with Gasteiger partial charge >= 0.3 is 0 Å². The maximum absolute atomic E-state index is 5.61. The quantitative estimate of drug-likeness (QED) is 0.363. The number of hydrogen-bond donors (Lipinski definition) is 1. The van der Waals surface area contributed by atoms with Crippen molar-refractivity contribution < 1.29 is 0 Å². The first kappa shape index (κ1) is 4.94. The maximum atomic E-state index is 5.61. The highest BCUT2D eigenvalue weighted by Crippen LogP contribution is 2.03. The molecule has 0 spiro atoms. The SMILES string of the molecule is CN1N[C]=CC1Cl. The monoisotopic (exact) mass is 117 g/mol. The zero-order chi connectivity index (χ0) is 5.28. The van der Waals surface area contributed by atoms with E-state index >= 15 is 0 Å². The highest BCUT2D eigenvalue weighted by Gasteiger charge is 2.09. The van der Waals surface area contributed by atoms with E-state index < -0.39 is 0 Å². The lowest BCUT2D eigenvalue weighted by molar-refractivity contribution is 0.302. The summed E-state index contributed by atoms with van der Waals surface area (Å²) < 4.78 is 0. The minimum Gasteiger partial charge on any atom is -0.316 e. The first-order valence-corrected chi connectivity index (χ1v) is 2.46. The molecule has 2 nitrogen and oxygen atoms in total. The fraction of sp³-hybridized carbons (Fsp3) is 0.500. The summed E-state index contributed by atoms with van der Waals surface area (Å²) in [5, 5.41) is 1.75. The van der Waals surface area contributed by atoms with Crippen LogP contribution in [0, 0.1) is 6.20 Å². The third-order valence-corrected chi connectivity index (χ3v) is 1.25. The summed E-state index contributed by atoms with van der Waals surface area (Å²) >= 11 is 5.61. The summed E-state index contributed by atoms with van der Waals surface area (Å²) in [7, 11) is 1.86. The Hall–Kier alpha value is -0.210. The van der Waals surface area contributed by atoms with E-state index in [1.54, 1.807) is 11.1 Å². The van der Waals surface area contributed by atoms with E-state index in [1.165, 1.54) is 0 Å². The molecule has 1 heterocycles. The Labute approximate surface area is 47.7 Å². The van der Waals surface area contributed by atoms with Crippen molar-refractivity contribution in [2.45, 2.75) is 5.50 Å². The number of likely N-dealkylation sites (N-methyl/N-ethyl adjacent to an activating group) is 1. The van der Waals surface area contributed by atoms with Gasteiger partial charge in [0.15, 0.2) is 0 Å². The highest BCUT2D eigenvalue weighted by atomic mass is 35.5. The lowest BCUT2D eigenvalue weighted by Gasteiger charge is -2.10. The van der Waals surface area contributed by atoms with Crippen LogP contribution >= 0.6 is 11.6 Å². The van der Waals surface area contributed by atoms with Crippen LogP contribution in [0.1, 0.15) is 0 Å². The molecule has 1 unspecified atom stereocenters. The lowest BCUT2D eigenvalue weighted by Crippen LogP contribution is -2.29. The molecule has 0 aromatic carbocycles. The van der Waals surface area contributed by atoms with Gasteiger partial charge in [-0.1, -0.05) is 11.6 Å². The van der Waals surface area contributed by atoms with Crippen LogP contribution in [-0.4, -0.2) is 17.6 Å². The lowest BCUT2D eigenvalue weighted by atomic mass is 10.6. The van der Waals surface area contributed by atoms with Crippen LogP contribution in [-0.2, 0) is 0 Å². The second kappa shape index (κ2) is 1.72. The predicted molar refractivity (Wildman–Crippen MR) is 28.4 cm³/mol. The molecule has 0 fully saturated rings. The van der Waals surface area contributed by atoms with Crippen molar-refractivity contribution in [3.8, 4) is 0 Å². The number of alkyl halides is 1. The molecule has 1 N–H and O–H groups in total. The number of hydrogen-bond acceptors (Lipinski definition) is 2. The number of nitrogens with one attached hydrogen (secondary N) is 1. The Bertz CT molecular complexity index is 91.7. The fourth-order valence-corrected chi connectivity index (χ4v) is 0.493. The standard InChI is InChI=1S/C4H6ClN2/c1-7-4(5)2-3-6-7/h2,4,6H,1H3. The predicted octanol–water partition coefficient (Wildman–Crippen LogP) is 0.318. The molecule has 0 saturated heterocycles. The minimum atomic E-state index is -0.0278. The Morgan fingerprint density at radius 3 is 2.86 bits per heavy atom. The average Bonchev–Trinajstić information content (AvgIpc) is 1.91. The van der Waals surface area contributed by atoms with Gasteiger partial charge in [0.2, 0.25) is 0 Å². The van der Waals surface area contributed by atoms with Gasteiger partial charge in [-0.15, -0.1) is 0 Å². The molecular formula is C4H6ClN2. The van der Waals surface area contributed by atoms with Crippen molar-refractivity contribution in [1.82, 2.24) is 10.4 Å². The Morgan fingerprint density at radius 1 is 2.00 bits per heavy atom. The second-order valence-corrected chi connectivity index (χ2v) is 1.85. The maximum Gasteiger partial charge on any atom is 0.123 e. The van der Waals surface area contributed by atoms with E-state index in [4.69, 9.17) is 11.6 Å². The summed E-state index contributed by atoms with van der Waals surface area (Å²) in [6.07, 6.45) is 4.49. The fourth-order valence-electron chi connectivity index (χ4n) is 0.381. The highest BCUT2D eigenvalue weighted by molar-refractivity contribution is 6.21. The Kier molecular flexibility index (Phi) is 1.21. The van der Waals surface area contributed by atoms with Gasteiger partial charge in [0.05, 0.1) is 6.20 Å². The Balaban J connectivity index is 2.45. The molecule has 1 atom stereocenters. The largest absolute Gasteiger partial charge is 0.316 e. The van der Waals surface area contributed by atoms with Gasteiger partial charge in [0.25, 0.3) is 0 Å².